The molecule has 0 saturated carbocycles. The molecule has 10 heteroatoms. The quantitative estimate of drug-likeness (QED) is 0.104. The van der Waals surface area contributed by atoms with Gasteiger partial charge in [-0.25, -0.2) is 0 Å². The molecule has 1 N–H and O–H groups in total. The van der Waals surface area contributed by atoms with Crippen LogP contribution in [0.1, 0.15) is 24.0 Å². The van der Waals surface area contributed by atoms with Crippen LogP contribution in [0.25, 0.3) is 0 Å². The lowest BCUT2D eigenvalue weighted by Gasteiger charge is -2.35. The van der Waals surface area contributed by atoms with Crippen LogP contribution in [0.4, 0.5) is 22.7 Å². The molecule has 1 aliphatic heterocycles. The van der Waals surface area contributed by atoms with E-state index in [1.165, 1.54) is 0 Å². The second-order valence-electron chi connectivity index (χ2n) is 10.3. The molecule has 1 aromatic heterocycles. The number of pyridine rings is 1. The molecule has 3 aromatic carbocycles. The zero-order chi connectivity index (χ0) is 30.0. The molecule has 2 heterocycles. The number of nitro benzene ring substituents is 1. The van der Waals surface area contributed by atoms with Crippen LogP contribution in [0.2, 0.25) is 0 Å². The summed E-state index contributed by atoms with van der Waals surface area (Å²) in [6.45, 7) is 1.92. The van der Waals surface area contributed by atoms with Crippen LogP contribution in [0.5, 0.6) is 11.8 Å². The van der Waals surface area contributed by atoms with E-state index in [-0.39, 0.29) is 35.3 Å². The first-order chi connectivity index (χ1) is 21.1. The van der Waals surface area contributed by atoms with E-state index in [1.807, 2.05) is 71.6 Å². The van der Waals surface area contributed by atoms with Crippen LogP contribution in [-0.2, 0) is 22.7 Å². The number of benzene rings is 3. The Hall–Kier alpha value is -4.67. The third kappa shape index (κ3) is 7.59. The summed E-state index contributed by atoms with van der Waals surface area (Å²) in [7, 11) is 3.27. The highest BCUT2D eigenvalue weighted by Gasteiger charge is 2.31. The molecular weight excluding hydrogens is 548 g/mol. The Morgan fingerprint density at radius 3 is 2.07 bits per heavy atom. The van der Waals surface area contributed by atoms with Gasteiger partial charge in [-0.3, -0.25) is 10.1 Å². The summed E-state index contributed by atoms with van der Waals surface area (Å²) in [5.41, 5.74) is 3.36. The van der Waals surface area contributed by atoms with Crippen LogP contribution < -0.4 is 19.7 Å². The van der Waals surface area contributed by atoms with Gasteiger partial charge in [-0.05, 0) is 42.2 Å². The monoisotopic (exact) mass is 584 g/mol. The highest BCUT2D eigenvalue weighted by atomic mass is 16.7. The molecule has 4 aromatic rings. The molecule has 224 valence electrons. The second kappa shape index (κ2) is 14.5. The minimum atomic E-state index is -0.341. The van der Waals surface area contributed by atoms with E-state index in [0.29, 0.717) is 42.6 Å². The summed E-state index contributed by atoms with van der Waals surface area (Å²) in [6, 6.07) is 28.3. The first-order valence-corrected chi connectivity index (χ1v) is 14.2. The van der Waals surface area contributed by atoms with Gasteiger partial charge in [-0.15, -0.1) is 0 Å². The van der Waals surface area contributed by atoms with Gasteiger partial charge in [-0.2, -0.15) is 4.98 Å². The van der Waals surface area contributed by atoms with Crippen molar-refractivity contribution in [1.29, 1.82) is 0 Å². The third-order valence-corrected chi connectivity index (χ3v) is 7.48. The molecule has 1 saturated heterocycles. The minimum absolute atomic E-state index is 0.00519. The highest BCUT2D eigenvalue weighted by molar-refractivity contribution is 5.81. The Labute approximate surface area is 251 Å². The van der Waals surface area contributed by atoms with Gasteiger partial charge in [0.15, 0.2) is 6.29 Å². The Morgan fingerprint density at radius 2 is 1.47 bits per heavy atom. The largest absolute Gasteiger partial charge is 0.473 e. The van der Waals surface area contributed by atoms with Crippen molar-refractivity contribution < 1.29 is 23.9 Å². The molecule has 10 nitrogen and oxygen atoms in total. The van der Waals surface area contributed by atoms with Crippen LogP contribution >= 0.6 is 0 Å². The zero-order valence-corrected chi connectivity index (χ0v) is 24.3. The maximum atomic E-state index is 12.4. The number of anilines is 3. The lowest BCUT2D eigenvalue weighted by molar-refractivity contribution is -0.383. The van der Waals surface area contributed by atoms with Crippen molar-refractivity contribution >= 4 is 22.7 Å². The van der Waals surface area contributed by atoms with E-state index in [0.717, 1.165) is 24.0 Å². The van der Waals surface area contributed by atoms with Crippen molar-refractivity contribution in [2.24, 2.45) is 5.92 Å². The average molecular weight is 585 g/mol. The van der Waals surface area contributed by atoms with Gasteiger partial charge in [0.05, 0.1) is 4.92 Å². The van der Waals surface area contributed by atoms with Gasteiger partial charge in [0, 0.05) is 39.3 Å². The summed E-state index contributed by atoms with van der Waals surface area (Å²) in [5, 5.41) is 15.7. The van der Waals surface area contributed by atoms with Gasteiger partial charge in [0.1, 0.15) is 30.3 Å². The summed E-state index contributed by atoms with van der Waals surface area (Å²) >= 11 is 0. The van der Waals surface area contributed by atoms with Crippen molar-refractivity contribution in [3.05, 3.63) is 112 Å². The number of aromatic nitrogens is 1. The molecule has 5 rings (SSSR count). The maximum absolute atomic E-state index is 12.4. The third-order valence-electron chi connectivity index (χ3n) is 7.48. The van der Waals surface area contributed by atoms with E-state index in [4.69, 9.17) is 18.9 Å². The standard InChI is InChI=1S/C33H36N4O6/c1-40-33(41-2)26-18-20-36(21-19-26)29-15-9-14-27(31(29)37(38)39)34-28-16-17-30(42-22-24-10-5-3-6-11-24)35-32(28)43-23-25-12-7-4-8-13-25/h3-17,26,33-34H,18-23H2,1-2H3. The van der Waals surface area contributed by atoms with E-state index in [9.17, 15) is 10.1 Å². The Morgan fingerprint density at radius 1 is 0.837 bits per heavy atom. The molecule has 1 fully saturated rings. The molecule has 43 heavy (non-hydrogen) atoms. The topological polar surface area (TPSA) is 108 Å². The normalized spacial score (nSPS) is 13.6. The van der Waals surface area contributed by atoms with Crippen molar-refractivity contribution in [3.63, 3.8) is 0 Å². The highest BCUT2D eigenvalue weighted by Crippen LogP contribution is 2.40. The molecule has 0 spiro atoms. The van der Waals surface area contributed by atoms with E-state index in [1.54, 1.807) is 38.5 Å². The van der Waals surface area contributed by atoms with Crippen LogP contribution in [-0.4, -0.2) is 43.5 Å². The average Bonchev–Trinajstić information content (AvgIpc) is 3.05. The van der Waals surface area contributed by atoms with E-state index in [2.05, 4.69) is 10.3 Å². The summed E-state index contributed by atoms with van der Waals surface area (Å²) < 4.78 is 23.0. The molecular formula is C33H36N4O6. The lowest BCUT2D eigenvalue weighted by Crippen LogP contribution is -2.39. The minimum Gasteiger partial charge on any atom is -0.473 e. The molecule has 0 atom stereocenters. The van der Waals surface area contributed by atoms with Crippen LogP contribution in [0.3, 0.4) is 0 Å². The van der Waals surface area contributed by atoms with Gasteiger partial charge >= 0.3 is 5.69 Å². The van der Waals surface area contributed by atoms with Crippen molar-refractivity contribution in [2.75, 3.05) is 37.5 Å². The Kier molecular flexibility index (Phi) is 10.0. The van der Waals surface area contributed by atoms with Gasteiger partial charge in [-0.1, -0.05) is 66.7 Å². The SMILES string of the molecule is COC(OC)C1CCN(c2cccc(Nc3ccc(OCc4ccccc4)nc3OCc3ccccc3)c2[N+](=O)[O-])CC1. The zero-order valence-electron chi connectivity index (χ0n) is 24.3. The first-order valence-electron chi connectivity index (χ1n) is 14.2. The second-order valence-corrected chi connectivity index (χ2v) is 10.3. The Balaban J connectivity index is 1.39. The lowest BCUT2D eigenvalue weighted by atomic mass is 9.95. The molecule has 0 amide bonds. The fourth-order valence-electron chi connectivity index (χ4n) is 5.28. The van der Waals surface area contributed by atoms with E-state index >= 15 is 0 Å². The first kappa shape index (κ1) is 29.8. The molecule has 0 aliphatic carbocycles. The number of rotatable bonds is 13. The smallest absolute Gasteiger partial charge is 0.315 e. The fourth-order valence-corrected chi connectivity index (χ4v) is 5.28. The summed E-state index contributed by atoms with van der Waals surface area (Å²) in [5.74, 6) is 0.888. The number of hydrogen-bond donors (Lipinski definition) is 1. The summed E-state index contributed by atoms with van der Waals surface area (Å²) in [6.07, 6.45) is 1.31. The fraction of sp³-hybridized carbons (Fsp3) is 0.303. The van der Waals surface area contributed by atoms with Gasteiger partial charge in [0.25, 0.3) is 0 Å². The molecule has 0 unspecified atom stereocenters. The number of hydrogen-bond acceptors (Lipinski definition) is 9. The number of nitrogens with zero attached hydrogens (tertiary/aromatic N) is 3. The van der Waals surface area contributed by atoms with Crippen molar-refractivity contribution in [1.82, 2.24) is 4.98 Å². The Bertz CT molecular complexity index is 1480. The number of nitrogens with one attached hydrogen (secondary N) is 1. The molecule has 0 bridgehead atoms. The van der Waals surface area contributed by atoms with Crippen LogP contribution in [0, 0.1) is 16.0 Å². The van der Waals surface area contributed by atoms with Crippen molar-refractivity contribution in [3.8, 4) is 11.8 Å². The predicted octanol–water partition coefficient (Wildman–Crippen LogP) is 6.73. The van der Waals surface area contributed by atoms with Crippen LogP contribution in [0.15, 0.2) is 91.0 Å². The van der Waals surface area contributed by atoms with Gasteiger partial charge < -0.3 is 29.2 Å². The molecule has 0 radical (unpaired) electrons. The predicted molar refractivity (Wildman–Crippen MR) is 165 cm³/mol. The van der Waals surface area contributed by atoms with Crippen molar-refractivity contribution in [2.45, 2.75) is 32.3 Å². The number of methoxy groups -OCH3 is 2. The number of para-hydroxylation sites is 1. The summed E-state index contributed by atoms with van der Waals surface area (Å²) in [4.78, 5) is 18.8. The molecule has 1 aliphatic rings. The number of piperidine rings is 1. The van der Waals surface area contributed by atoms with Gasteiger partial charge in [0.2, 0.25) is 11.8 Å². The number of nitro groups is 1. The number of ether oxygens (including phenoxy) is 4. The van der Waals surface area contributed by atoms with E-state index < -0.39 is 0 Å². The maximum Gasteiger partial charge on any atom is 0.315 e.